The number of phenols is 1. The number of likely N-dealkylation sites (tertiary alicyclic amines) is 1. The second-order valence-corrected chi connectivity index (χ2v) is 10.0. The molecule has 1 aliphatic heterocycles. The van der Waals surface area contributed by atoms with Gasteiger partial charge >= 0.3 is 0 Å². The van der Waals surface area contributed by atoms with Crippen LogP contribution in [0.25, 0.3) is 0 Å². The third-order valence-corrected chi connectivity index (χ3v) is 8.57. The van der Waals surface area contributed by atoms with E-state index in [0.29, 0.717) is 23.2 Å². The molecule has 1 aromatic carbocycles. The number of fused-ring (bicyclic) bond motifs is 5. The predicted molar refractivity (Wildman–Crippen MR) is 113 cm³/mol. The second kappa shape index (κ2) is 7.18. The lowest BCUT2D eigenvalue weighted by atomic mass is 9.55. The Morgan fingerprint density at radius 3 is 2.93 bits per heavy atom. The van der Waals surface area contributed by atoms with Gasteiger partial charge in [0, 0.05) is 13.1 Å². The van der Waals surface area contributed by atoms with Gasteiger partial charge in [-0.3, -0.25) is 0 Å². The summed E-state index contributed by atoms with van der Waals surface area (Å²) in [5, 5.41) is 9.86. The SMILES string of the molecule is CN1CCC(OC/C=C2\CC[C@H]3[C@@H]4CCc5cc(O)ccc5[C@H]4CC[C@]23C)C1. The minimum Gasteiger partial charge on any atom is -0.508 e. The molecule has 0 spiro atoms. The smallest absolute Gasteiger partial charge is 0.115 e. The van der Waals surface area contributed by atoms with E-state index in [4.69, 9.17) is 4.74 Å². The number of rotatable bonds is 3. The van der Waals surface area contributed by atoms with Crippen LogP contribution in [0.4, 0.5) is 0 Å². The highest BCUT2D eigenvalue weighted by Gasteiger charge is 2.52. The van der Waals surface area contributed by atoms with Gasteiger partial charge in [0.25, 0.3) is 0 Å². The second-order valence-electron chi connectivity index (χ2n) is 10.0. The average Bonchev–Trinajstić information content (AvgIpc) is 3.24. The molecule has 3 nitrogen and oxygen atoms in total. The zero-order chi connectivity index (χ0) is 19.3. The van der Waals surface area contributed by atoms with E-state index in [-0.39, 0.29) is 0 Å². The molecule has 1 unspecified atom stereocenters. The number of hydrogen-bond acceptors (Lipinski definition) is 3. The summed E-state index contributed by atoms with van der Waals surface area (Å²) in [7, 11) is 2.19. The summed E-state index contributed by atoms with van der Waals surface area (Å²) >= 11 is 0. The van der Waals surface area contributed by atoms with Crippen LogP contribution >= 0.6 is 0 Å². The third-order valence-electron chi connectivity index (χ3n) is 8.57. The van der Waals surface area contributed by atoms with Crippen LogP contribution in [-0.2, 0) is 11.2 Å². The lowest BCUT2D eigenvalue weighted by Gasteiger charge is -2.49. The van der Waals surface area contributed by atoms with E-state index in [1.807, 2.05) is 12.1 Å². The van der Waals surface area contributed by atoms with Gasteiger partial charge < -0.3 is 14.7 Å². The number of likely N-dealkylation sites (N-methyl/N-ethyl adjacent to an activating group) is 1. The van der Waals surface area contributed by atoms with Crippen LogP contribution in [0.5, 0.6) is 5.75 Å². The molecule has 1 N–H and O–H groups in total. The molecule has 1 saturated heterocycles. The molecular weight excluding hydrogens is 346 g/mol. The molecule has 1 aromatic rings. The van der Waals surface area contributed by atoms with Crippen molar-refractivity contribution in [2.24, 2.45) is 17.3 Å². The number of hydrogen-bond donors (Lipinski definition) is 1. The van der Waals surface area contributed by atoms with Crippen LogP contribution in [-0.4, -0.2) is 42.9 Å². The number of benzene rings is 1. The van der Waals surface area contributed by atoms with Gasteiger partial charge in [-0.15, -0.1) is 0 Å². The highest BCUT2D eigenvalue weighted by atomic mass is 16.5. The summed E-state index contributed by atoms with van der Waals surface area (Å²) in [4.78, 5) is 2.37. The summed E-state index contributed by atoms with van der Waals surface area (Å²) in [6.45, 7) is 5.60. The Kier molecular flexibility index (Phi) is 4.79. The molecule has 0 aromatic heterocycles. The fourth-order valence-electron chi connectivity index (χ4n) is 7.07. The average molecular weight is 382 g/mol. The number of phenolic OH excluding ortho intramolecular Hbond substituents is 1. The minimum atomic E-state index is 0.380. The monoisotopic (exact) mass is 381 g/mol. The summed E-state index contributed by atoms with van der Waals surface area (Å²) in [5.74, 6) is 2.76. The van der Waals surface area contributed by atoms with E-state index in [2.05, 4.69) is 31.0 Å². The van der Waals surface area contributed by atoms with Gasteiger partial charge in [0.05, 0.1) is 12.7 Å². The third kappa shape index (κ3) is 3.11. The Bertz CT molecular complexity index is 772. The van der Waals surface area contributed by atoms with Gasteiger partial charge in [-0.2, -0.15) is 0 Å². The zero-order valence-corrected chi connectivity index (χ0v) is 17.5. The largest absolute Gasteiger partial charge is 0.508 e. The van der Waals surface area contributed by atoms with Crippen molar-refractivity contribution in [1.82, 2.24) is 4.90 Å². The zero-order valence-electron chi connectivity index (χ0n) is 17.5. The fourth-order valence-corrected chi connectivity index (χ4v) is 7.07. The van der Waals surface area contributed by atoms with E-state index >= 15 is 0 Å². The quantitative estimate of drug-likeness (QED) is 0.756. The fraction of sp³-hybridized carbons (Fsp3) is 0.680. The molecule has 152 valence electrons. The standard InChI is InChI=1S/C25H35NO2/c1-25-12-9-22-21-7-5-19(27)15-17(21)3-6-23(22)24(25)8-4-18(25)11-14-28-20-10-13-26(2)16-20/h5,7,11,15,20,22-24,27H,3-4,6,8-10,12-14,16H2,1-2H3/b18-11+/t20?,22-,23-,24+,25-/m1/s1. The van der Waals surface area contributed by atoms with E-state index in [9.17, 15) is 5.11 Å². The van der Waals surface area contributed by atoms with Crippen LogP contribution < -0.4 is 0 Å². The van der Waals surface area contributed by atoms with Gasteiger partial charge in [-0.25, -0.2) is 0 Å². The van der Waals surface area contributed by atoms with E-state index in [1.54, 1.807) is 5.57 Å². The molecule has 5 atom stereocenters. The van der Waals surface area contributed by atoms with Crippen molar-refractivity contribution in [2.75, 3.05) is 26.7 Å². The summed E-state index contributed by atoms with van der Waals surface area (Å²) < 4.78 is 6.18. The van der Waals surface area contributed by atoms with E-state index in [0.717, 1.165) is 31.4 Å². The minimum absolute atomic E-state index is 0.380. The summed E-state index contributed by atoms with van der Waals surface area (Å²) in [6, 6.07) is 6.12. The van der Waals surface area contributed by atoms with E-state index in [1.165, 1.54) is 56.2 Å². The van der Waals surface area contributed by atoms with Gasteiger partial charge in [-0.05, 0) is 98.4 Å². The number of aromatic hydroxyl groups is 1. The van der Waals surface area contributed by atoms with Crippen LogP contribution in [0.3, 0.4) is 0 Å². The number of allylic oxidation sites excluding steroid dienone is 1. The Balaban J connectivity index is 1.30. The lowest BCUT2D eigenvalue weighted by molar-refractivity contribution is 0.0732. The molecule has 3 heteroatoms. The number of ether oxygens (including phenoxy) is 1. The molecular formula is C25H35NO2. The highest BCUT2D eigenvalue weighted by molar-refractivity contribution is 5.40. The molecule has 0 radical (unpaired) electrons. The van der Waals surface area contributed by atoms with Crippen molar-refractivity contribution < 1.29 is 9.84 Å². The normalized spacial score (nSPS) is 39.0. The van der Waals surface area contributed by atoms with Crippen LogP contribution in [0.1, 0.15) is 62.5 Å². The lowest BCUT2D eigenvalue weighted by Crippen LogP contribution is -2.40. The molecule has 2 saturated carbocycles. The maximum absolute atomic E-state index is 9.86. The van der Waals surface area contributed by atoms with Gasteiger partial charge in [0.2, 0.25) is 0 Å². The first kappa shape index (κ1) is 18.7. The van der Waals surface area contributed by atoms with Crippen molar-refractivity contribution in [1.29, 1.82) is 0 Å². The van der Waals surface area contributed by atoms with Crippen molar-refractivity contribution in [3.8, 4) is 5.75 Å². The van der Waals surface area contributed by atoms with E-state index < -0.39 is 0 Å². The molecule has 0 bridgehead atoms. The van der Waals surface area contributed by atoms with Crippen molar-refractivity contribution in [3.05, 3.63) is 41.0 Å². The Hall–Kier alpha value is -1.32. The maximum Gasteiger partial charge on any atom is 0.115 e. The first-order valence-corrected chi connectivity index (χ1v) is 11.4. The van der Waals surface area contributed by atoms with Gasteiger partial charge in [0.1, 0.15) is 5.75 Å². The Labute approximate surface area is 169 Å². The number of nitrogens with zero attached hydrogens (tertiary/aromatic N) is 1. The topological polar surface area (TPSA) is 32.7 Å². The van der Waals surface area contributed by atoms with Crippen molar-refractivity contribution in [2.45, 2.75) is 63.9 Å². The molecule has 4 aliphatic rings. The highest BCUT2D eigenvalue weighted by Crippen LogP contribution is 2.62. The maximum atomic E-state index is 9.86. The molecule has 5 rings (SSSR count). The molecule has 28 heavy (non-hydrogen) atoms. The first-order valence-electron chi connectivity index (χ1n) is 11.4. The molecule has 3 aliphatic carbocycles. The summed E-state index contributed by atoms with van der Waals surface area (Å²) in [5.41, 5.74) is 4.99. The molecule has 0 amide bonds. The van der Waals surface area contributed by atoms with Crippen LogP contribution in [0.15, 0.2) is 29.8 Å². The Morgan fingerprint density at radius 1 is 1.21 bits per heavy atom. The van der Waals surface area contributed by atoms with Crippen molar-refractivity contribution in [3.63, 3.8) is 0 Å². The number of aryl methyl sites for hydroxylation is 1. The molecule has 3 fully saturated rings. The Morgan fingerprint density at radius 2 is 2.11 bits per heavy atom. The van der Waals surface area contributed by atoms with Crippen LogP contribution in [0.2, 0.25) is 0 Å². The van der Waals surface area contributed by atoms with Crippen molar-refractivity contribution >= 4 is 0 Å². The van der Waals surface area contributed by atoms with Gasteiger partial charge in [-0.1, -0.05) is 24.6 Å². The first-order chi connectivity index (χ1) is 13.5. The molecule has 1 heterocycles. The van der Waals surface area contributed by atoms with Crippen LogP contribution in [0, 0.1) is 17.3 Å². The summed E-state index contributed by atoms with van der Waals surface area (Å²) in [6.07, 6.45) is 11.7. The van der Waals surface area contributed by atoms with Gasteiger partial charge in [0.15, 0.2) is 0 Å². The predicted octanol–water partition coefficient (Wildman–Crippen LogP) is 4.90.